The van der Waals surface area contributed by atoms with E-state index in [0.717, 1.165) is 11.1 Å². The van der Waals surface area contributed by atoms with Crippen LogP contribution in [0.1, 0.15) is 16.7 Å². The van der Waals surface area contributed by atoms with E-state index < -0.39 is 17.6 Å². The molecule has 0 saturated heterocycles. The smallest absolute Gasteiger partial charge is 0.266 e. The molecule has 0 saturated carbocycles. The summed E-state index contributed by atoms with van der Waals surface area (Å²) in [6.07, 6.45) is 1.40. The highest BCUT2D eigenvalue weighted by Crippen LogP contribution is 2.27. The molecule has 0 radical (unpaired) electrons. The van der Waals surface area contributed by atoms with E-state index in [4.69, 9.17) is 16.3 Å². The maximum atomic E-state index is 13.6. The third kappa shape index (κ3) is 6.44. The maximum absolute atomic E-state index is 13.6. The van der Waals surface area contributed by atoms with Crippen molar-refractivity contribution < 1.29 is 18.7 Å². The molecular weight excluding hydrogens is 457 g/mol. The lowest BCUT2D eigenvalue weighted by atomic mass is 10.1. The predicted octanol–water partition coefficient (Wildman–Crippen LogP) is 5.66. The molecule has 3 rings (SSSR count). The maximum Gasteiger partial charge on any atom is 0.266 e. The van der Waals surface area contributed by atoms with Crippen LogP contribution in [-0.2, 0) is 9.59 Å². The van der Waals surface area contributed by atoms with Gasteiger partial charge < -0.3 is 15.4 Å². The molecule has 0 bridgehead atoms. The fourth-order valence-corrected chi connectivity index (χ4v) is 3.32. The number of rotatable bonds is 7. The molecule has 0 heterocycles. The van der Waals surface area contributed by atoms with Crippen LogP contribution >= 0.6 is 11.6 Å². The molecular formula is C26H21ClFN3O3. The zero-order valence-corrected chi connectivity index (χ0v) is 19.2. The van der Waals surface area contributed by atoms with Crippen molar-refractivity contribution in [3.63, 3.8) is 0 Å². The topological polar surface area (TPSA) is 91.2 Å². The van der Waals surface area contributed by atoms with Crippen LogP contribution in [0.4, 0.5) is 15.8 Å². The van der Waals surface area contributed by atoms with Gasteiger partial charge in [0, 0.05) is 5.69 Å². The lowest BCUT2D eigenvalue weighted by Gasteiger charge is -2.10. The Balaban J connectivity index is 1.65. The Morgan fingerprint density at radius 3 is 2.50 bits per heavy atom. The molecule has 3 aromatic rings. The average molecular weight is 478 g/mol. The number of anilines is 2. The number of para-hydroxylation sites is 1. The molecule has 0 spiro atoms. The molecule has 0 fully saturated rings. The summed E-state index contributed by atoms with van der Waals surface area (Å²) in [6.45, 7) is 3.43. The molecule has 34 heavy (non-hydrogen) atoms. The summed E-state index contributed by atoms with van der Waals surface area (Å²) in [5.41, 5.74) is 3.01. The summed E-state index contributed by atoms with van der Waals surface area (Å²) >= 11 is 6.24. The van der Waals surface area contributed by atoms with Crippen LogP contribution in [-0.4, -0.2) is 18.4 Å². The normalized spacial score (nSPS) is 10.9. The molecule has 8 heteroatoms. The second kappa shape index (κ2) is 11.1. The van der Waals surface area contributed by atoms with Crippen molar-refractivity contribution in [2.45, 2.75) is 13.8 Å². The van der Waals surface area contributed by atoms with Gasteiger partial charge in [0.25, 0.3) is 11.8 Å². The third-order valence-electron chi connectivity index (χ3n) is 4.77. The van der Waals surface area contributed by atoms with E-state index in [1.165, 1.54) is 36.4 Å². The van der Waals surface area contributed by atoms with E-state index in [-0.39, 0.29) is 28.6 Å². The Morgan fingerprint density at radius 1 is 1.06 bits per heavy atom. The summed E-state index contributed by atoms with van der Waals surface area (Å²) < 4.78 is 19.1. The monoisotopic (exact) mass is 477 g/mol. The van der Waals surface area contributed by atoms with E-state index in [1.807, 2.05) is 32.0 Å². The average Bonchev–Trinajstić information content (AvgIpc) is 2.80. The Morgan fingerprint density at radius 2 is 1.82 bits per heavy atom. The Labute approximate surface area is 201 Å². The molecule has 0 aliphatic carbocycles. The molecule has 3 aromatic carbocycles. The van der Waals surface area contributed by atoms with Crippen LogP contribution in [0, 0.1) is 31.0 Å². The number of hydrogen-bond acceptors (Lipinski definition) is 4. The summed E-state index contributed by atoms with van der Waals surface area (Å²) in [5.74, 6) is -1.43. The van der Waals surface area contributed by atoms with E-state index in [2.05, 4.69) is 10.6 Å². The van der Waals surface area contributed by atoms with Crippen molar-refractivity contribution in [1.82, 2.24) is 0 Å². The standard InChI is InChI=1S/C26H21ClFN3O3/c1-16-7-9-22(17(2)11-16)31-26(33)19(14-29)12-18-8-10-24(20(27)13-18)34-15-25(32)30-23-6-4-3-5-21(23)28/h3-13H,15H2,1-2H3,(H,30,32)(H,31,33)/b19-12+. The van der Waals surface area contributed by atoms with Gasteiger partial charge in [0.05, 0.1) is 10.7 Å². The van der Waals surface area contributed by atoms with Crippen molar-refractivity contribution in [2.24, 2.45) is 0 Å². The number of aryl methyl sites for hydroxylation is 2. The number of nitrogens with zero attached hydrogens (tertiary/aromatic N) is 1. The fourth-order valence-electron chi connectivity index (χ4n) is 3.07. The Bertz CT molecular complexity index is 1310. The first-order valence-electron chi connectivity index (χ1n) is 10.2. The Kier molecular flexibility index (Phi) is 8.01. The van der Waals surface area contributed by atoms with Crippen molar-refractivity contribution in [1.29, 1.82) is 5.26 Å². The summed E-state index contributed by atoms with van der Waals surface area (Å²) in [4.78, 5) is 24.6. The van der Waals surface area contributed by atoms with E-state index in [1.54, 1.807) is 18.2 Å². The highest BCUT2D eigenvalue weighted by atomic mass is 35.5. The molecule has 2 amide bonds. The summed E-state index contributed by atoms with van der Waals surface area (Å²) in [6, 6.07) is 17.9. The van der Waals surface area contributed by atoms with E-state index in [0.29, 0.717) is 11.3 Å². The van der Waals surface area contributed by atoms with Gasteiger partial charge in [-0.25, -0.2) is 4.39 Å². The number of carbonyl (C=O) groups excluding carboxylic acids is 2. The van der Waals surface area contributed by atoms with Gasteiger partial charge >= 0.3 is 0 Å². The molecule has 0 aliphatic rings. The first-order valence-corrected chi connectivity index (χ1v) is 10.6. The van der Waals surface area contributed by atoms with Crippen molar-refractivity contribution in [3.8, 4) is 11.8 Å². The molecule has 2 N–H and O–H groups in total. The molecule has 6 nitrogen and oxygen atoms in total. The van der Waals surface area contributed by atoms with Gasteiger partial charge in [0.15, 0.2) is 6.61 Å². The quantitative estimate of drug-likeness (QED) is 0.339. The minimum atomic E-state index is -0.556. The van der Waals surface area contributed by atoms with Gasteiger partial charge in [-0.1, -0.05) is 47.5 Å². The third-order valence-corrected chi connectivity index (χ3v) is 5.06. The molecule has 172 valence electrons. The van der Waals surface area contributed by atoms with Crippen molar-refractivity contribution >= 4 is 40.9 Å². The molecule has 0 unspecified atom stereocenters. The number of benzene rings is 3. The van der Waals surface area contributed by atoms with Crippen LogP contribution in [0.3, 0.4) is 0 Å². The second-order valence-corrected chi connectivity index (χ2v) is 7.86. The minimum absolute atomic E-state index is 0.0471. The molecule has 0 aliphatic heterocycles. The SMILES string of the molecule is Cc1ccc(NC(=O)/C(C#N)=C/c2ccc(OCC(=O)Nc3ccccc3F)c(Cl)c2)c(C)c1. The van der Waals surface area contributed by atoms with Crippen LogP contribution in [0.2, 0.25) is 5.02 Å². The second-order valence-electron chi connectivity index (χ2n) is 7.45. The Hall–Kier alpha value is -4.15. The number of nitrogens with one attached hydrogen (secondary N) is 2. The van der Waals surface area contributed by atoms with Crippen LogP contribution in [0.25, 0.3) is 6.08 Å². The van der Waals surface area contributed by atoms with Crippen molar-refractivity contribution in [3.05, 3.63) is 93.8 Å². The first kappa shape index (κ1) is 24.5. The van der Waals surface area contributed by atoms with Gasteiger partial charge in [0.2, 0.25) is 0 Å². The number of amides is 2. The van der Waals surface area contributed by atoms with Gasteiger partial charge in [-0.3, -0.25) is 9.59 Å². The number of ether oxygens (including phenoxy) is 1. The lowest BCUT2D eigenvalue weighted by molar-refractivity contribution is -0.118. The number of nitriles is 1. The number of halogens is 2. The zero-order chi connectivity index (χ0) is 24.7. The van der Waals surface area contributed by atoms with Gasteiger partial charge in [-0.15, -0.1) is 0 Å². The number of carbonyl (C=O) groups is 2. The van der Waals surface area contributed by atoms with Gasteiger partial charge in [-0.05, 0) is 61.4 Å². The van der Waals surface area contributed by atoms with E-state index >= 15 is 0 Å². The van der Waals surface area contributed by atoms with Crippen LogP contribution in [0.5, 0.6) is 5.75 Å². The highest BCUT2D eigenvalue weighted by molar-refractivity contribution is 6.32. The minimum Gasteiger partial charge on any atom is -0.482 e. The lowest BCUT2D eigenvalue weighted by Crippen LogP contribution is -2.20. The van der Waals surface area contributed by atoms with Crippen molar-refractivity contribution in [2.75, 3.05) is 17.2 Å². The predicted molar refractivity (Wildman–Crippen MR) is 130 cm³/mol. The van der Waals surface area contributed by atoms with Crippen LogP contribution < -0.4 is 15.4 Å². The van der Waals surface area contributed by atoms with Gasteiger partial charge in [-0.2, -0.15) is 5.26 Å². The zero-order valence-electron chi connectivity index (χ0n) is 18.5. The fraction of sp³-hybridized carbons (Fsp3) is 0.115. The highest BCUT2D eigenvalue weighted by Gasteiger charge is 2.13. The first-order chi connectivity index (χ1) is 16.3. The summed E-state index contributed by atoms with van der Waals surface area (Å²) in [5, 5.41) is 14.8. The number of hydrogen-bond donors (Lipinski definition) is 2. The largest absolute Gasteiger partial charge is 0.482 e. The van der Waals surface area contributed by atoms with E-state index in [9.17, 15) is 19.2 Å². The summed E-state index contributed by atoms with van der Waals surface area (Å²) in [7, 11) is 0. The molecule has 0 aromatic heterocycles. The molecule has 0 atom stereocenters. The van der Waals surface area contributed by atoms with Gasteiger partial charge in [0.1, 0.15) is 23.2 Å². The van der Waals surface area contributed by atoms with Crippen LogP contribution in [0.15, 0.2) is 66.2 Å².